The Morgan fingerprint density at radius 2 is 1.06 bits per heavy atom. The number of H-pyrrole nitrogens is 5. The molecule has 1 aliphatic carbocycles. The molecule has 82 heavy (non-hydrogen) atoms. The first-order valence-corrected chi connectivity index (χ1v) is 29.5. The lowest BCUT2D eigenvalue weighted by Gasteiger charge is -2.15. The van der Waals surface area contributed by atoms with Gasteiger partial charge in [0.15, 0.2) is 11.5 Å². The molecule has 12 heterocycles. The summed E-state index contributed by atoms with van der Waals surface area (Å²) in [6, 6.07) is 42.9. The van der Waals surface area contributed by atoms with Crippen LogP contribution in [0.1, 0.15) is 74.0 Å². The van der Waals surface area contributed by atoms with E-state index in [2.05, 4.69) is 144 Å². The van der Waals surface area contributed by atoms with E-state index in [1.165, 1.54) is 116 Å². The van der Waals surface area contributed by atoms with Gasteiger partial charge in [-0.2, -0.15) is 10.2 Å². The van der Waals surface area contributed by atoms with Crippen LogP contribution >= 0.6 is 11.3 Å². The number of ether oxygens (including phenoxy) is 2. The quantitative estimate of drug-likeness (QED) is 0.0685. The minimum Gasteiger partial charge on any atom is -0.454 e. The molecule has 424 valence electrons. The maximum atomic E-state index is 5.08. The van der Waals surface area contributed by atoms with Gasteiger partial charge in [0.05, 0.1) is 64.4 Å². The molecule has 0 bridgehead atoms. The number of hydrogen-bond donors (Lipinski definition) is 10. The van der Waals surface area contributed by atoms with Crippen LogP contribution in [-0.2, 0) is 71.1 Å². The Morgan fingerprint density at radius 3 is 1.83 bits per heavy atom. The fourth-order valence-corrected chi connectivity index (χ4v) is 10.9. The smallest absolute Gasteiger partial charge is 0.231 e. The van der Waals surface area contributed by atoms with Crippen LogP contribution in [0.5, 0.6) is 11.5 Å². The summed E-state index contributed by atoms with van der Waals surface area (Å²) in [5, 5.41) is 31.5. The predicted octanol–water partition coefficient (Wildman–Crippen LogP) is 10.3. The molecular formula is C64H75N15O2S. The van der Waals surface area contributed by atoms with Crippen molar-refractivity contribution in [3.63, 3.8) is 0 Å². The zero-order valence-electron chi connectivity index (χ0n) is 46.5. The second kappa shape index (κ2) is 31.0. The van der Waals surface area contributed by atoms with E-state index in [0.29, 0.717) is 6.79 Å². The Labute approximate surface area is 483 Å². The van der Waals surface area contributed by atoms with Crippen molar-refractivity contribution >= 4 is 39.0 Å². The zero-order valence-corrected chi connectivity index (χ0v) is 47.3. The summed E-state index contributed by atoms with van der Waals surface area (Å²) in [7, 11) is 0. The summed E-state index contributed by atoms with van der Waals surface area (Å²) < 4.78 is 10.2. The minimum absolute atomic E-state index is 0.360. The fourth-order valence-electron chi connectivity index (χ4n) is 10.1. The lowest BCUT2D eigenvalue weighted by molar-refractivity contribution is 0.174. The highest BCUT2D eigenvalue weighted by molar-refractivity contribution is 7.09. The Hall–Kier alpha value is -8.39. The van der Waals surface area contributed by atoms with Crippen molar-refractivity contribution in [2.75, 3.05) is 44.8 Å². The molecule has 17 nitrogen and oxygen atoms in total. The molecule has 0 spiro atoms. The van der Waals surface area contributed by atoms with E-state index in [1.807, 2.05) is 96.1 Å². The molecule has 0 unspecified atom stereocenters. The van der Waals surface area contributed by atoms with E-state index in [-0.39, 0.29) is 0 Å². The average Bonchev–Trinajstić information content (AvgIpc) is 4.40. The van der Waals surface area contributed by atoms with E-state index in [4.69, 9.17) is 9.47 Å². The molecule has 5 aromatic carbocycles. The van der Waals surface area contributed by atoms with E-state index >= 15 is 0 Å². The van der Waals surface area contributed by atoms with Crippen LogP contribution in [-0.4, -0.2) is 89.8 Å². The van der Waals surface area contributed by atoms with E-state index in [9.17, 15) is 0 Å². The first-order chi connectivity index (χ1) is 40.7. The van der Waals surface area contributed by atoms with Gasteiger partial charge < -0.3 is 51.0 Å². The summed E-state index contributed by atoms with van der Waals surface area (Å²) in [6.45, 7) is 9.78. The van der Waals surface area contributed by atoms with Crippen LogP contribution in [0.2, 0.25) is 0 Å². The number of anilines is 1. The number of hydrogen-bond acceptors (Lipinski definition) is 13. The predicted molar refractivity (Wildman–Crippen MR) is 328 cm³/mol. The van der Waals surface area contributed by atoms with Crippen LogP contribution in [0.4, 0.5) is 5.69 Å². The highest BCUT2D eigenvalue weighted by Crippen LogP contribution is 2.30. The topological polar surface area (TPSA) is 222 Å². The number of imidazole rings is 2. The number of nitrogens with one attached hydrogen (secondary N) is 10. The highest BCUT2D eigenvalue weighted by Gasteiger charge is 2.13. The maximum Gasteiger partial charge on any atom is 0.231 e. The first kappa shape index (κ1) is 56.9. The van der Waals surface area contributed by atoms with Gasteiger partial charge in [0.1, 0.15) is 0 Å². The standard InChI is InChI=1S/C9H11N.C8H9N.C8H7N.C7H6N2.C7H9NS.C7H6O2.3C6H9N3/c1-2-4-9-7-10-6-5-8(9)3-1;2*1-2-4-8-7(3-1)5-6-9-8;3*1-2-4-7-6(3-1)8-5-9-7;1-2-7-3-5-4-8-9-6(1)5;1-2-7-3-6-5(1)8-4-9-6;1-2-7-4-6-5(1)3-8-9-6/h1-4,10H,5-7H2;1-4,9H,5-6H2;1-6,9H;1-5H,(H,8,9);5H,1-4H2;1-4H,5H2;2*4,7H,1-3H2,(H,8,9);3,7H,1-2,4H2,(H,8,9). The molecule has 0 radical (unpaired) electrons. The van der Waals surface area contributed by atoms with Crippen molar-refractivity contribution in [3.8, 4) is 11.5 Å². The Kier molecular flexibility index (Phi) is 21.5. The molecule has 18 heteroatoms. The molecule has 0 atom stereocenters. The van der Waals surface area contributed by atoms with Crippen LogP contribution in [0.3, 0.4) is 0 Å². The molecule has 0 fully saturated rings. The van der Waals surface area contributed by atoms with Gasteiger partial charge in [0.2, 0.25) is 6.79 Å². The van der Waals surface area contributed by atoms with Gasteiger partial charge in [-0.05, 0) is 128 Å². The Bertz CT molecular complexity index is 3080. The molecule has 0 saturated heterocycles. The SMILES string of the molecule is c1ccc2[nH]ccc2c1.c1ccc2[nH]cnc2c1.c1ccc2c(c1)CCN2.c1ccc2c(c1)CCNC2.c1ccc2c(c1)OCO2.c1n[nH]c2c1CCNC2.c1n[nH]c2c1CNCC2.c1nc2c([nH]1)CNCC2.c1nc2c(s1)CCCC2. The molecule has 6 aromatic heterocycles. The highest BCUT2D eigenvalue weighted by atomic mass is 32.1. The third-order valence-electron chi connectivity index (χ3n) is 14.6. The molecule has 18 rings (SSSR count). The van der Waals surface area contributed by atoms with Gasteiger partial charge in [-0.25, -0.2) is 15.0 Å². The normalized spacial score (nSPS) is 15.0. The van der Waals surface area contributed by atoms with Gasteiger partial charge >= 0.3 is 0 Å². The summed E-state index contributed by atoms with van der Waals surface area (Å²) in [6.07, 6.45) is 20.1. The zero-order chi connectivity index (χ0) is 55.6. The van der Waals surface area contributed by atoms with Crippen LogP contribution in [0.25, 0.3) is 21.9 Å². The van der Waals surface area contributed by atoms with Gasteiger partial charge in [-0.3, -0.25) is 10.2 Å². The first-order valence-electron chi connectivity index (χ1n) is 28.6. The summed E-state index contributed by atoms with van der Waals surface area (Å²) in [5.41, 5.74) is 20.1. The average molecular weight is 1120 g/mol. The van der Waals surface area contributed by atoms with Crippen LogP contribution < -0.4 is 36.1 Å². The number of benzene rings is 5. The number of thiazole rings is 1. The molecule has 0 amide bonds. The van der Waals surface area contributed by atoms with Gasteiger partial charge in [-0.1, -0.05) is 84.9 Å². The Morgan fingerprint density at radius 1 is 0.427 bits per heavy atom. The molecule has 0 saturated carbocycles. The van der Waals surface area contributed by atoms with E-state index < -0.39 is 0 Å². The van der Waals surface area contributed by atoms with Crippen LogP contribution in [0.15, 0.2) is 164 Å². The molecular weight excluding hydrogens is 1040 g/mol. The second-order valence-corrected chi connectivity index (χ2v) is 21.1. The number of aryl methyl sites for hydroxylation is 2. The molecule has 11 aromatic rings. The number of aromatic nitrogens is 10. The Balaban J connectivity index is 0.000000103. The van der Waals surface area contributed by atoms with E-state index in [0.717, 1.165) is 101 Å². The molecule has 10 N–H and O–H groups in total. The third kappa shape index (κ3) is 16.8. The lowest BCUT2D eigenvalue weighted by Crippen LogP contribution is -2.23. The maximum absolute atomic E-state index is 5.08. The number of rotatable bonds is 0. The number of nitrogens with zero attached hydrogens (tertiary/aromatic N) is 5. The van der Waals surface area contributed by atoms with Gasteiger partial charge in [-0.15, -0.1) is 11.3 Å². The molecule has 6 aliphatic heterocycles. The van der Waals surface area contributed by atoms with Crippen molar-refractivity contribution in [2.45, 2.75) is 84.0 Å². The third-order valence-corrected chi connectivity index (χ3v) is 15.5. The number of fused-ring (bicyclic) bond motifs is 9. The second-order valence-electron chi connectivity index (χ2n) is 20.2. The lowest BCUT2D eigenvalue weighted by atomic mass is 10.0. The summed E-state index contributed by atoms with van der Waals surface area (Å²) in [5.74, 6) is 1.69. The summed E-state index contributed by atoms with van der Waals surface area (Å²) >= 11 is 1.81. The van der Waals surface area contributed by atoms with E-state index in [1.54, 1.807) is 12.7 Å². The fraction of sp³-hybridized carbons (Fsp3) is 0.297. The van der Waals surface area contributed by atoms with Crippen LogP contribution in [0, 0.1) is 0 Å². The summed E-state index contributed by atoms with van der Waals surface area (Å²) in [4.78, 5) is 23.2. The monoisotopic (exact) mass is 1120 g/mol. The number of aromatic amines is 5. The van der Waals surface area contributed by atoms with Gasteiger partial charge in [0.25, 0.3) is 0 Å². The largest absolute Gasteiger partial charge is 0.454 e. The van der Waals surface area contributed by atoms with Crippen molar-refractivity contribution in [2.24, 2.45) is 0 Å². The van der Waals surface area contributed by atoms with Crippen molar-refractivity contribution < 1.29 is 9.47 Å². The van der Waals surface area contributed by atoms with Crippen molar-refractivity contribution in [1.82, 2.24) is 71.6 Å². The molecule has 7 aliphatic rings. The minimum atomic E-state index is 0.360. The van der Waals surface area contributed by atoms with Crippen molar-refractivity contribution in [3.05, 3.63) is 225 Å². The van der Waals surface area contributed by atoms with Gasteiger partial charge in [0, 0.05) is 92.2 Å². The van der Waals surface area contributed by atoms with Crippen molar-refractivity contribution in [1.29, 1.82) is 0 Å². The number of para-hydroxylation sites is 6.